The molecule has 11 heavy (non-hydrogen) atoms. The maximum Gasteiger partial charge on any atom is 0.0683 e. The maximum absolute atomic E-state index is 3.14. The Balaban J connectivity index is 2.79. The molecule has 0 radical (unpaired) electrons. The molecule has 0 fully saturated rings. The van der Waals surface area contributed by atoms with Crippen molar-refractivity contribution in [1.82, 2.24) is 4.40 Å². The van der Waals surface area contributed by atoms with Gasteiger partial charge in [0.1, 0.15) is 0 Å². The zero-order valence-electron chi connectivity index (χ0n) is 6.41. The Hall–Kier alpha value is -1.44. The van der Waals surface area contributed by atoms with Crippen LogP contribution in [0.15, 0.2) is 36.7 Å². The molecule has 0 aliphatic carbocycles. The van der Waals surface area contributed by atoms with E-state index in [2.05, 4.69) is 21.9 Å². The first kappa shape index (κ1) is 6.28. The van der Waals surface area contributed by atoms with Crippen LogP contribution in [0.3, 0.4) is 0 Å². The van der Waals surface area contributed by atoms with Crippen LogP contribution in [0.2, 0.25) is 0 Å². The summed E-state index contributed by atoms with van der Waals surface area (Å²) in [4.78, 5) is 0. The molecule has 0 aliphatic heterocycles. The predicted octanol–water partition coefficient (Wildman–Crippen LogP) is 1.98. The third kappa shape index (κ3) is 0.871. The largest absolute Gasteiger partial charge is 0.386 e. The van der Waals surface area contributed by atoms with Crippen LogP contribution in [0.5, 0.6) is 0 Å². The Kier molecular flexibility index (Phi) is 1.32. The van der Waals surface area contributed by atoms with Crippen molar-refractivity contribution < 1.29 is 0 Å². The van der Waals surface area contributed by atoms with Gasteiger partial charge in [-0.15, -0.1) is 0 Å². The molecule has 2 aromatic rings. The lowest BCUT2D eigenvalue weighted by molar-refractivity contribution is 1.20. The Morgan fingerprint density at radius 2 is 1.91 bits per heavy atom. The minimum absolute atomic E-state index is 1.16. The lowest BCUT2D eigenvalue weighted by Crippen LogP contribution is -1.90. The van der Waals surface area contributed by atoms with Crippen molar-refractivity contribution in [3.63, 3.8) is 0 Å². The van der Waals surface area contributed by atoms with Crippen molar-refractivity contribution >= 4 is 11.2 Å². The Morgan fingerprint density at radius 3 is 2.64 bits per heavy atom. The van der Waals surface area contributed by atoms with Crippen LogP contribution in [0.4, 0.5) is 5.69 Å². The highest BCUT2D eigenvalue weighted by molar-refractivity contribution is 5.71. The quantitative estimate of drug-likeness (QED) is 0.650. The average Bonchev–Trinajstić information content (AvgIpc) is 2.50. The zero-order valence-corrected chi connectivity index (χ0v) is 6.41. The van der Waals surface area contributed by atoms with E-state index < -0.39 is 0 Å². The van der Waals surface area contributed by atoms with Gasteiger partial charge in [-0.2, -0.15) is 0 Å². The number of nitrogens with zero attached hydrogens (tertiary/aromatic N) is 1. The fourth-order valence-electron chi connectivity index (χ4n) is 1.28. The van der Waals surface area contributed by atoms with E-state index in [1.165, 1.54) is 5.52 Å². The normalized spacial score (nSPS) is 10.3. The number of fused-ring (bicyclic) bond motifs is 1. The summed E-state index contributed by atoms with van der Waals surface area (Å²) < 4.78 is 2.09. The molecule has 1 N–H and O–H groups in total. The first-order valence-electron chi connectivity index (χ1n) is 3.65. The molecule has 0 atom stereocenters. The SMILES string of the molecule is CNc1cccn2cccc12. The van der Waals surface area contributed by atoms with E-state index in [0.29, 0.717) is 0 Å². The fraction of sp³-hybridized carbons (Fsp3) is 0.111. The van der Waals surface area contributed by atoms with Crippen LogP contribution in [0.1, 0.15) is 0 Å². The van der Waals surface area contributed by atoms with Gasteiger partial charge < -0.3 is 9.72 Å². The monoisotopic (exact) mass is 146 g/mol. The fourth-order valence-corrected chi connectivity index (χ4v) is 1.28. The molecular formula is C9H10N2. The van der Waals surface area contributed by atoms with Crippen molar-refractivity contribution in [1.29, 1.82) is 0 Å². The standard InChI is InChI=1S/C9H10N2/c1-10-8-4-2-6-11-7-3-5-9(8)11/h2-7,10H,1H3. The molecule has 2 aromatic heterocycles. The lowest BCUT2D eigenvalue weighted by atomic mass is 10.3. The molecule has 56 valence electrons. The molecule has 0 saturated carbocycles. The van der Waals surface area contributed by atoms with Crippen LogP contribution in [-0.4, -0.2) is 11.4 Å². The van der Waals surface area contributed by atoms with Crippen molar-refractivity contribution in [2.24, 2.45) is 0 Å². The van der Waals surface area contributed by atoms with Gasteiger partial charge in [0, 0.05) is 19.4 Å². The number of rotatable bonds is 1. The maximum atomic E-state index is 3.14. The molecule has 0 aromatic carbocycles. The molecule has 0 spiro atoms. The van der Waals surface area contributed by atoms with Gasteiger partial charge in [0.25, 0.3) is 0 Å². The van der Waals surface area contributed by atoms with E-state index in [9.17, 15) is 0 Å². The Bertz CT molecular complexity index is 362. The minimum atomic E-state index is 1.16. The number of pyridine rings is 1. The van der Waals surface area contributed by atoms with Gasteiger partial charge in [0.05, 0.1) is 11.2 Å². The molecule has 2 heterocycles. The van der Waals surface area contributed by atoms with Gasteiger partial charge in [-0.05, 0) is 24.3 Å². The molecule has 2 nitrogen and oxygen atoms in total. The third-order valence-corrected chi connectivity index (χ3v) is 1.83. The number of aromatic nitrogens is 1. The highest BCUT2D eigenvalue weighted by Gasteiger charge is 1.95. The molecule has 0 unspecified atom stereocenters. The summed E-state index contributed by atoms with van der Waals surface area (Å²) in [6, 6.07) is 8.22. The molecule has 0 aliphatic rings. The van der Waals surface area contributed by atoms with Gasteiger partial charge >= 0.3 is 0 Å². The van der Waals surface area contributed by atoms with E-state index in [0.717, 1.165) is 5.69 Å². The molecule has 2 heteroatoms. The highest BCUT2D eigenvalue weighted by atomic mass is 14.9. The summed E-state index contributed by atoms with van der Waals surface area (Å²) in [5.74, 6) is 0. The van der Waals surface area contributed by atoms with Crippen LogP contribution >= 0.6 is 0 Å². The summed E-state index contributed by atoms with van der Waals surface area (Å²) in [5.41, 5.74) is 2.38. The number of nitrogens with one attached hydrogen (secondary N) is 1. The second kappa shape index (κ2) is 2.31. The van der Waals surface area contributed by atoms with Gasteiger partial charge in [-0.1, -0.05) is 0 Å². The van der Waals surface area contributed by atoms with Crippen molar-refractivity contribution in [2.45, 2.75) is 0 Å². The van der Waals surface area contributed by atoms with E-state index >= 15 is 0 Å². The van der Waals surface area contributed by atoms with Crippen molar-refractivity contribution in [2.75, 3.05) is 12.4 Å². The van der Waals surface area contributed by atoms with Crippen LogP contribution in [-0.2, 0) is 0 Å². The van der Waals surface area contributed by atoms with Gasteiger partial charge in [0.15, 0.2) is 0 Å². The topological polar surface area (TPSA) is 16.4 Å². The third-order valence-electron chi connectivity index (χ3n) is 1.83. The summed E-state index contributed by atoms with van der Waals surface area (Å²) in [5, 5.41) is 3.14. The van der Waals surface area contributed by atoms with E-state index in [1.807, 2.05) is 31.6 Å². The van der Waals surface area contributed by atoms with E-state index in [-0.39, 0.29) is 0 Å². The zero-order chi connectivity index (χ0) is 7.68. The van der Waals surface area contributed by atoms with Crippen molar-refractivity contribution in [3.8, 4) is 0 Å². The number of hydrogen-bond donors (Lipinski definition) is 1. The van der Waals surface area contributed by atoms with Gasteiger partial charge in [-0.3, -0.25) is 0 Å². The minimum Gasteiger partial charge on any atom is -0.386 e. The molecular weight excluding hydrogens is 136 g/mol. The lowest BCUT2D eigenvalue weighted by Gasteiger charge is -2.01. The second-order valence-electron chi connectivity index (χ2n) is 2.47. The van der Waals surface area contributed by atoms with Gasteiger partial charge in [0.2, 0.25) is 0 Å². The van der Waals surface area contributed by atoms with E-state index in [1.54, 1.807) is 0 Å². The molecule has 2 rings (SSSR count). The molecule has 0 amide bonds. The first-order valence-corrected chi connectivity index (χ1v) is 3.65. The predicted molar refractivity (Wildman–Crippen MR) is 46.9 cm³/mol. The molecule has 0 saturated heterocycles. The van der Waals surface area contributed by atoms with Crippen LogP contribution in [0.25, 0.3) is 5.52 Å². The van der Waals surface area contributed by atoms with Gasteiger partial charge in [-0.25, -0.2) is 0 Å². The summed E-state index contributed by atoms with van der Waals surface area (Å²) in [6.45, 7) is 0. The van der Waals surface area contributed by atoms with Crippen LogP contribution < -0.4 is 5.32 Å². The second-order valence-corrected chi connectivity index (χ2v) is 2.47. The number of anilines is 1. The highest BCUT2D eigenvalue weighted by Crippen LogP contribution is 2.15. The summed E-state index contributed by atoms with van der Waals surface area (Å²) >= 11 is 0. The number of hydrogen-bond acceptors (Lipinski definition) is 1. The Labute approximate surface area is 65.5 Å². The first-order chi connectivity index (χ1) is 5.42. The van der Waals surface area contributed by atoms with Crippen molar-refractivity contribution in [3.05, 3.63) is 36.7 Å². The Morgan fingerprint density at radius 1 is 1.18 bits per heavy atom. The summed E-state index contributed by atoms with van der Waals surface area (Å²) in [7, 11) is 1.93. The van der Waals surface area contributed by atoms with E-state index in [4.69, 9.17) is 0 Å². The van der Waals surface area contributed by atoms with Crippen LogP contribution in [0, 0.1) is 0 Å². The smallest absolute Gasteiger partial charge is 0.0683 e. The average molecular weight is 146 g/mol. The molecule has 0 bridgehead atoms. The summed E-state index contributed by atoms with van der Waals surface area (Å²) in [6.07, 6.45) is 4.08.